The number of nitrogens with one attached hydrogen (secondary N) is 2. The maximum absolute atomic E-state index is 14.1. The van der Waals surface area contributed by atoms with E-state index in [0.29, 0.717) is 50.8 Å². The van der Waals surface area contributed by atoms with Crippen LogP contribution in [0.2, 0.25) is 0 Å². The quantitative estimate of drug-likeness (QED) is 0.0464. The largest absolute Gasteiger partial charge is 0.370 e. The summed E-state index contributed by atoms with van der Waals surface area (Å²) < 4.78 is 0. The molecule has 3 aliphatic rings. The minimum Gasteiger partial charge on any atom is -0.370 e. The number of nitrogens with two attached hydrogens (primary N) is 4. The average molecular weight is 685 g/mol. The van der Waals surface area contributed by atoms with Gasteiger partial charge in [0.15, 0.2) is 5.96 Å². The molecule has 2 aliphatic heterocycles. The molecule has 17 heteroatoms. The normalized spacial score (nSPS) is 23.5. The Morgan fingerprint density at radius 3 is 2.35 bits per heavy atom. The lowest BCUT2D eigenvalue weighted by Gasteiger charge is -2.37. The summed E-state index contributed by atoms with van der Waals surface area (Å²) in [7, 11) is 0. The number of fused-ring (bicyclic) bond motifs is 1. The third-order valence-corrected chi connectivity index (χ3v) is 9.75. The van der Waals surface area contributed by atoms with Gasteiger partial charge >= 0.3 is 0 Å². The number of primary amides is 1. The fraction of sp³-hybridized carbons (Fsp3) is 0.625. The Bertz CT molecular complexity index is 1430. The molecule has 3 fully saturated rings. The molecule has 0 radical (unpaired) electrons. The number of likely N-dealkylation sites (tertiary alicyclic amines) is 2. The van der Waals surface area contributed by atoms with E-state index < -0.39 is 52.9 Å². The number of nitro benzene ring substituents is 1. The number of amides is 5. The first-order valence-electron chi connectivity index (χ1n) is 16.9. The molecule has 7 atom stereocenters. The first kappa shape index (κ1) is 37.0. The van der Waals surface area contributed by atoms with Gasteiger partial charge in [-0.1, -0.05) is 25.0 Å². The van der Waals surface area contributed by atoms with Crippen LogP contribution < -0.4 is 33.6 Å². The maximum Gasteiger partial charge on any atom is 0.269 e. The Kier molecular flexibility index (Phi) is 12.5. The van der Waals surface area contributed by atoms with Gasteiger partial charge in [0.05, 0.1) is 11.0 Å². The lowest BCUT2D eigenvalue weighted by Crippen LogP contribution is -2.58. The van der Waals surface area contributed by atoms with Crippen LogP contribution in [0.1, 0.15) is 70.3 Å². The number of carbonyl (C=O) groups is 5. The van der Waals surface area contributed by atoms with Crippen LogP contribution in [-0.2, 0) is 30.4 Å². The lowest BCUT2D eigenvalue weighted by molar-refractivity contribution is -0.384. The van der Waals surface area contributed by atoms with Gasteiger partial charge in [-0.05, 0) is 63.4 Å². The second kappa shape index (κ2) is 16.5. The minimum absolute atomic E-state index is 0.0108. The molecule has 2 heterocycles. The highest BCUT2D eigenvalue weighted by Gasteiger charge is 2.51. The average Bonchev–Trinajstić information content (AvgIpc) is 3.71. The van der Waals surface area contributed by atoms with E-state index in [1.165, 1.54) is 36.1 Å². The van der Waals surface area contributed by atoms with Gasteiger partial charge < -0.3 is 43.4 Å². The molecule has 17 nitrogen and oxygen atoms in total. The molecule has 0 bridgehead atoms. The molecule has 4 rings (SSSR count). The summed E-state index contributed by atoms with van der Waals surface area (Å²) >= 11 is 0. The monoisotopic (exact) mass is 684 g/mol. The van der Waals surface area contributed by atoms with Crippen molar-refractivity contribution in [1.29, 1.82) is 0 Å². The van der Waals surface area contributed by atoms with Crippen molar-refractivity contribution < 1.29 is 28.9 Å². The summed E-state index contributed by atoms with van der Waals surface area (Å²) in [5.74, 6) is -2.47. The van der Waals surface area contributed by atoms with Crippen molar-refractivity contribution in [3.05, 3.63) is 39.9 Å². The van der Waals surface area contributed by atoms with Gasteiger partial charge in [-0.15, -0.1) is 0 Å². The number of hydrogen-bond donors (Lipinski definition) is 6. The minimum atomic E-state index is -1.13. The second-order valence-corrected chi connectivity index (χ2v) is 13.2. The van der Waals surface area contributed by atoms with E-state index in [2.05, 4.69) is 15.6 Å². The Hall–Kier alpha value is -4.80. The van der Waals surface area contributed by atoms with Gasteiger partial charge in [-0.3, -0.25) is 39.1 Å². The van der Waals surface area contributed by atoms with Crippen molar-refractivity contribution in [2.24, 2.45) is 33.8 Å². The highest BCUT2D eigenvalue weighted by atomic mass is 16.6. The number of aliphatic imine (C=N–C) groups is 1. The predicted octanol–water partition coefficient (Wildman–Crippen LogP) is -0.856. The maximum atomic E-state index is 14.1. The van der Waals surface area contributed by atoms with Gasteiger partial charge in [0.25, 0.3) is 5.69 Å². The van der Waals surface area contributed by atoms with Gasteiger partial charge in [-0.25, -0.2) is 0 Å². The number of rotatable bonds is 14. The third-order valence-electron chi connectivity index (χ3n) is 9.75. The van der Waals surface area contributed by atoms with Crippen LogP contribution in [0.4, 0.5) is 5.69 Å². The molecule has 5 amide bonds. The summed E-state index contributed by atoms with van der Waals surface area (Å²) in [6.45, 7) is 2.12. The highest BCUT2D eigenvalue weighted by Crippen LogP contribution is 2.41. The molecule has 1 aliphatic carbocycles. The Balaban J connectivity index is 1.39. The standard InChI is InChI=1S/C32H48N10O7/c1-18(28(44)39-23(27(34)43)16-19-10-12-21(13-11-19)42(48)49)38-29(45)25-9-5-15-40(25)31(47)26-17-20-6-2-3-8-24(20)41(26)30(46)22(33)7-4-14-37-32(35)36/h10-13,18,20,22-26H,2-9,14-17,33H2,1H3,(H2,34,43)(H,38,45)(H,39,44)(H4,35,36,37)/t18-,20+,22-,23+,24+,25+,26+/m1/s1. The first-order chi connectivity index (χ1) is 23.3. The van der Waals surface area contributed by atoms with Crippen LogP contribution in [0, 0.1) is 16.0 Å². The van der Waals surface area contributed by atoms with Crippen LogP contribution in [0.3, 0.4) is 0 Å². The zero-order chi connectivity index (χ0) is 35.8. The number of carbonyl (C=O) groups excluding carboxylic acids is 5. The molecular weight excluding hydrogens is 636 g/mol. The van der Waals surface area contributed by atoms with E-state index in [1.807, 2.05) is 0 Å². The van der Waals surface area contributed by atoms with Gasteiger partial charge in [0.2, 0.25) is 29.5 Å². The van der Waals surface area contributed by atoms with Crippen LogP contribution in [0.5, 0.6) is 0 Å². The van der Waals surface area contributed by atoms with Crippen molar-refractivity contribution in [3.8, 4) is 0 Å². The smallest absolute Gasteiger partial charge is 0.269 e. The molecular formula is C32H48N10O7. The van der Waals surface area contributed by atoms with Crippen LogP contribution in [0.15, 0.2) is 29.3 Å². The number of nitro groups is 1. The molecule has 0 aromatic heterocycles. The van der Waals surface area contributed by atoms with Crippen molar-refractivity contribution >= 4 is 41.2 Å². The fourth-order valence-electron chi connectivity index (χ4n) is 7.21. The molecule has 1 saturated carbocycles. The van der Waals surface area contributed by atoms with E-state index >= 15 is 0 Å². The number of non-ortho nitro benzene ring substituents is 1. The van der Waals surface area contributed by atoms with Gasteiger partial charge in [0.1, 0.15) is 24.2 Å². The van der Waals surface area contributed by atoms with Crippen LogP contribution in [-0.4, -0.2) is 99.6 Å². The topological polar surface area (TPSA) is 275 Å². The van der Waals surface area contributed by atoms with Crippen molar-refractivity contribution in [3.63, 3.8) is 0 Å². The number of guanidine groups is 1. The molecule has 1 aromatic rings. The summed E-state index contributed by atoms with van der Waals surface area (Å²) in [5, 5.41) is 16.1. The predicted molar refractivity (Wildman–Crippen MR) is 179 cm³/mol. The Morgan fingerprint density at radius 2 is 1.69 bits per heavy atom. The van der Waals surface area contributed by atoms with Crippen LogP contribution >= 0.6 is 0 Å². The SMILES string of the molecule is C[C@@H](NC(=O)[C@@H]1CCCN1C(=O)[C@@H]1C[C@@H]2CCCC[C@@H]2N1C(=O)[C@H](N)CCCN=C(N)N)C(=O)N[C@@H](Cc1ccc([N+](=O)[O-])cc1)C(N)=O. The molecule has 49 heavy (non-hydrogen) atoms. The van der Waals surface area contributed by atoms with Crippen LogP contribution in [0.25, 0.3) is 0 Å². The summed E-state index contributed by atoms with van der Waals surface area (Å²) in [5.41, 5.74) is 23.1. The lowest BCUT2D eigenvalue weighted by atomic mass is 9.84. The number of nitrogens with zero attached hydrogens (tertiary/aromatic N) is 4. The van der Waals surface area contributed by atoms with E-state index in [-0.39, 0.29) is 41.8 Å². The second-order valence-electron chi connectivity index (χ2n) is 13.2. The van der Waals surface area contributed by atoms with Gasteiger partial charge in [0, 0.05) is 37.7 Å². The molecule has 268 valence electrons. The fourth-order valence-corrected chi connectivity index (χ4v) is 7.21. The molecule has 0 spiro atoms. The molecule has 1 aromatic carbocycles. The van der Waals surface area contributed by atoms with E-state index in [4.69, 9.17) is 22.9 Å². The van der Waals surface area contributed by atoms with Crippen molar-refractivity contribution in [1.82, 2.24) is 20.4 Å². The first-order valence-corrected chi connectivity index (χ1v) is 16.9. The molecule has 0 unspecified atom stereocenters. The third kappa shape index (κ3) is 9.22. The molecule has 10 N–H and O–H groups in total. The highest BCUT2D eigenvalue weighted by molar-refractivity contribution is 5.96. The van der Waals surface area contributed by atoms with E-state index in [1.54, 1.807) is 4.90 Å². The number of benzene rings is 1. The van der Waals surface area contributed by atoms with E-state index in [9.17, 15) is 34.1 Å². The Labute approximate surface area is 284 Å². The Morgan fingerprint density at radius 1 is 1.00 bits per heavy atom. The number of hydrogen-bond acceptors (Lipinski definition) is 9. The summed E-state index contributed by atoms with van der Waals surface area (Å²) in [6.07, 6.45) is 5.96. The zero-order valence-electron chi connectivity index (χ0n) is 27.8. The summed E-state index contributed by atoms with van der Waals surface area (Å²) in [4.78, 5) is 84.1. The zero-order valence-corrected chi connectivity index (χ0v) is 27.8. The van der Waals surface area contributed by atoms with E-state index in [0.717, 1.165) is 25.7 Å². The molecule has 2 saturated heterocycles. The van der Waals surface area contributed by atoms with Crippen molar-refractivity contribution in [2.75, 3.05) is 13.1 Å². The van der Waals surface area contributed by atoms with Crippen molar-refractivity contribution in [2.45, 2.75) is 107 Å². The summed E-state index contributed by atoms with van der Waals surface area (Å²) in [6, 6.07) is 0.783. The van der Waals surface area contributed by atoms with Gasteiger partial charge in [-0.2, -0.15) is 0 Å².